The van der Waals surface area contributed by atoms with Crippen LogP contribution >= 0.6 is 0 Å². The van der Waals surface area contributed by atoms with Gasteiger partial charge in [0.25, 0.3) is 5.91 Å². The van der Waals surface area contributed by atoms with Gasteiger partial charge in [-0.2, -0.15) is 0 Å². The number of aromatic nitrogens is 2. The van der Waals surface area contributed by atoms with E-state index < -0.39 is 0 Å². The first kappa shape index (κ1) is 17.4. The lowest BCUT2D eigenvalue weighted by molar-refractivity contribution is 0.0941. The minimum absolute atomic E-state index is 0.169. The van der Waals surface area contributed by atoms with Crippen LogP contribution in [0.5, 0.6) is 11.6 Å². The van der Waals surface area contributed by atoms with E-state index in [0.29, 0.717) is 23.7 Å². The molecule has 25 heavy (non-hydrogen) atoms. The molecule has 0 aliphatic carbocycles. The van der Waals surface area contributed by atoms with Crippen molar-refractivity contribution in [2.45, 2.75) is 19.8 Å². The zero-order valence-corrected chi connectivity index (χ0v) is 14.5. The Morgan fingerprint density at radius 3 is 3.04 bits per heavy atom. The fourth-order valence-corrected chi connectivity index (χ4v) is 3.08. The summed E-state index contributed by atoms with van der Waals surface area (Å²) in [6, 6.07) is 7.01. The lowest BCUT2D eigenvalue weighted by atomic mass is 10.0. The van der Waals surface area contributed by atoms with Gasteiger partial charge in [-0.3, -0.25) is 9.78 Å². The summed E-state index contributed by atoms with van der Waals surface area (Å²) in [6.07, 6.45) is 7.40. The van der Waals surface area contributed by atoms with Crippen molar-refractivity contribution < 1.29 is 9.53 Å². The Balaban J connectivity index is 1.56. The fraction of sp³-hybridized carbons (Fsp3) is 0.421. The Hall–Kier alpha value is -2.47. The van der Waals surface area contributed by atoms with Crippen molar-refractivity contribution in [1.29, 1.82) is 0 Å². The zero-order valence-electron chi connectivity index (χ0n) is 14.5. The van der Waals surface area contributed by atoms with Crippen molar-refractivity contribution in [1.82, 2.24) is 20.2 Å². The molecule has 0 bridgehead atoms. The Kier molecular flexibility index (Phi) is 5.95. The van der Waals surface area contributed by atoms with Crippen LogP contribution in [0.2, 0.25) is 0 Å². The molecule has 6 heteroatoms. The first-order chi connectivity index (χ1) is 12.2. The molecule has 0 unspecified atom stereocenters. The molecule has 1 amide bonds. The second-order valence-corrected chi connectivity index (χ2v) is 6.45. The summed E-state index contributed by atoms with van der Waals surface area (Å²) in [4.78, 5) is 23.1. The zero-order chi connectivity index (χ0) is 17.5. The topological polar surface area (TPSA) is 67.4 Å². The number of hydrogen-bond donors (Lipinski definition) is 1. The van der Waals surface area contributed by atoms with Crippen molar-refractivity contribution >= 4 is 5.91 Å². The number of carbonyl (C=O) groups excluding carboxylic acids is 1. The van der Waals surface area contributed by atoms with E-state index in [1.165, 1.54) is 12.8 Å². The highest BCUT2D eigenvalue weighted by Crippen LogP contribution is 2.21. The summed E-state index contributed by atoms with van der Waals surface area (Å²) in [5.74, 6) is 1.41. The van der Waals surface area contributed by atoms with Crippen molar-refractivity contribution in [3.05, 3.63) is 48.4 Å². The smallest absolute Gasteiger partial charge is 0.256 e. The van der Waals surface area contributed by atoms with Gasteiger partial charge in [-0.15, -0.1) is 0 Å². The number of ether oxygens (including phenoxy) is 1. The predicted molar refractivity (Wildman–Crippen MR) is 95.7 cm³/mol. The molecular formula is C19H24N4O2. The molecular weight excluding hydrogens is 316 g/mol. The van der Waals surface area contributed by atoms with Crippen molar-refractivity contribution in [3.8, 4) is 11.6 Å². The van der Waals surface area contributed by atoms with E-state index in [1.54, 1.807) is 42.9 Å². The van der Waals surface area contributed by atoms with Crippen LogP contribution < -0.4 is 10.1 Å². The molecule has 1 fully saturated rings. The summed E-state index contributed by atoms with van der Waals surface area (Å²) >= 11 is 0. The van der Waals surface area contributed by atoms with Crippen molar-refractivity contribution in [3.63, 3.8) is 0 Å². The van der Waals surface area contributed by atoms with Crippen LogP contribution in [0.1, 0.15) is 30.1 Å². The van der Waals surface area contributed by atoms with E-state index in [4.69, 9.17) is 4.74 Å². The first-order valence-electron chi connectivity index (χ1n) is 8.76. The maximum absolute atomic E-state index is 12.5. The number of nitrogens with one attached hydrogen (secondary N) is 1. The Labute approximate surface area is 148 Å². The fourth-order valence-electron chi connectivity index (χ4n) is 3.08. The summed E-state index contributed by atoms with van der Waals surface area (Å²) in [5, 5.41) is 2.97. The van der Waals surface area contributed by atoms with E-state index in [9.17, 15) is 4.79 Å². The third-order valence-electron chi connectivity index (χ3n) is 4.32. The highest BCUT2D eigenvalue weighted by atomic mass is 16.5. The van der Waals surface area contributed by atoms with E-state index >= 15 is 0 Å². The molecule has 6 nitrogen and oxygen atoms in total. The van der Waals surface area contributed by atoms with Crippen LogP contribution in [-0.2, 0) is 0 Å². The molecule has 3 heterocycles. The minimum Gasteiger partial charge on any atom is -0.437 e. The standard InChI is InChI=1S/C19H24N4O2/c1-15-5-4-11-23(14-15)12-10-21-18(24)17-7-3-9-22-19(17)25-16-6-2-8-20-13-16/h2-3,6-9,13,15H,4-5,10-12,14H2,1H3,(H,21,24)/t15-/m0/s1. The van der Waals surface area contributed by atoms with Gasteiger partial charge in [-0.1, -0.05) is 6.92 Å². The van der Waals surface area contributed by atoms with Crippen LogP contribution in [0.3, 0.4) is 0 Å². The minimum atomic E-state index is -0.169. The van der Waals surface area contributed by atoms with Crippen molar-refractivity contribution in [2.24, 2.45) is 5.92 Å². The van der Waals surface area contributed by atoms with Gasteiger partial charge in [-0.05, 0) is 49.6 Å². The number of carbonyl (C=O) groups is 1. The van der Waals surface area contributed by atoms with Gasteiger partial charge in [0.2, 0.25) is 5.88 Å². The summed E-state index contributed by atoms with van der Waals surface area (Å²) in [7, 11) is 0. The SMILES string of the molecule is C[C@H]1CCCN(CCNC(=O)c2cccnc2Oc2cccnc2)C1. The van der Waals surface area contributed by atoms with Crippen LogP contribution in [0, 0.1) is 5.92 Å². The maximum atomic E-state index is 12.5. The number of amides is 1. The number of piperidine rings is 1. The molecule has 3 rings (SSSR count). The van der Waals surface area contributed by atoms with Gasteiger partial charge < -0.3 is 15.0 Å². The number of nitrogens with zero attached hydrogens (tertiary/aromatic N) is 3. The number of pyridine rings is 2. The molecule has 1 N–H and O–H groups in total. The molecule has 1 saturated heterocycles. The molecule has 2 aromatic rings. The Morgan fingerprint density at radius 2 is 2.24 bits per heavy atom. The summed E-state index contributed by atoms with van der Waals surface area (Å²) in [5.41, 5.74) is 0.429. The molecule has 0 radical (unpaired) electrons. The largest absolute Gasteiger partial charge is 0.437 e. The van der Waals surface area contributed by atoms with Crippen LogP contribution in [0.4, 0.5) is 0 Å². The Morgan fingerprint density at radius 1 is 1.36 bits per heavy atom. The highest BCUT2D eigenvalue weighted by molar-refractivity contribution is 5.96. The first-order valence-corrected chi connectivity index (χ1v) is 8.76. The second-order valence-electron chi connectivity index (χ2n) is 6.45. The normalized spacial score (nSPS) is 17.9. The average molecular weight is 340 g/mol. The molecule has 132 valence electrons. The lowest BCUT2D eigenvalue weighted by Gasteiger charge is -2.30. The quantitative estimate of drug-likeness (QED) is 0.876. The Bertz CT molecular complexity index is 693. The molecule has 0 saturated carbocycles. The van der Waals surface area contributed by atoms with Gasteiger partial charge in [0, 0.05) is 32.0 Å². The van der Waals surface area contributed by atoms with Gasteiger partial charge in [0.1, 0.15) is 11.3 Å². The maximum Gasteiger partial charge on any atom is 0.256 e. The average Bonchev–Trinajstić information content (AvgIpc) is 2.63. The molecule has 2 aromatic heterocycles. The van der Waals surface area contributed by atoms with Gasteiger partial charge in [0.15, 0.2) is 0 Å². The number of likely N-dealkylation sites (tertiary alicyclic amines) is 1. The molecule has 0 spiro atoms. The van der Waals surface area contributed by atoms with Gasteiger partial charge in [-0.25, -0.2) is 4.98 Å². The van der Waals surface area contributed by atoms with Crippen LogP contribution in [0.15, 0.2) is 42.9 Å². The number of rotatable bonds is 6. The monoisotopic (exact) mass is 340 g/mol. The third kappa shape index (κ3) is 5.00. The van der Waals surface area contributed by atoms with Gasteiger partial charge >= 0.3 is 0 Å². The third-order valence-corrected chi connectivity index (χ3v) is 4.32. The second kappa shape index (κ2) is 8.58. The van der Waals surface area contributed by atoms with E-state index in [2.05, 4.69) is 27.1 Å². The van der Waals surface area contributed by atoms with Crippen LogP contribution in [-0.4, -0.2) is 47.0 Å². The molecule has 1 atom stereocenters. The van der Waals surface area contributed by atoms with E-state index in [0.717, 1.165) is 25.6 Å². The predicted octanol–water partition coefficient (Wildman–Crippen LogP) is 2.73. The highest BCUT2D eigenvalue weighted by Gasteiger charge is 2.17. The van der Waals surface area contributed by atoms with E-state index in [-0.39, 0.29) is 5.91 Å². The summed E-state index contributed by atoms with van der Waals surface area (Å²) in [6.45, 7) is 5.99. The van der Waals surface area contributed by atoms with E-state index in [1.807, 2.05) is 0 Å². The lowest BCUT2D eigenvalue weighted by Crippen LogP contribution is -2.40. The molecule has 1 aliphatic heterocycles. The molecule has 0 aromatic carbocycles. The number of hydrogen-bond acceptors (Lipinski definition) is 5. The van der Waals surface area contributed by atoms with Crippen LogP contribution in [0.25, 0.3) is 0 Å². The van der Waals surface area contributed by atoms with Gasteiger partial charge in [0.05, 0.1) is 6.20 Å². The molecule has 1 aliphatic rings. The summed E-state index contributed by atoms with van der Waals surface area (Å²) < 4.78 is 5.70. The van der Waals surface area contributed by atoms with Crippen molar-refractivity contribution in [2.75, 3.05) is 26.2 Å².